The van der Waals surface area contributed by atoms with Crippen LogP contribution in [0.1, 0.15) is 39.5 Å². The normalized spacial score (nSPS) is 14.3. The third-order valence-corrected chi connectivity index (χ3v) is 4.81. The molecule has 11 N–H and O–H groups in total. The predicted octanol–water partition coefficient (Wildman–Crippen LogP) is -2.64. The van der Waals surface area contributed by atoms with Crippen LogP contribution in [0, 0.1) is 5.92 Å². The third-order valence-electron chi connectivity index (χ3n) is 4.45. The molecule has 0 aliphatic heterocycles. The van der Waals surface area contributed by atoms with Crippen molar-refractivity contribution in [3.05, 3.63) is 0 Å². The standard InChI is InChI=1S/C19H35N7O7S/c1-9(2)6-10(20)15(29)25-12(7-14(27)28)17(31)24-11(4-3-5-23-19(21)22)16(30)26-13(8-34)18(32)33/h9-13,34H,3-8,20H2,1-2H3,(H,24,31)(H,25,29)(H,26,30)(H,27,28)(H,32,33)(H4,21,22,23). The molecule has 4 atom stereocenters. The molecule has 0 saturated carbocycles. The smallest absolute Gasteiger partial charge is 0.327 e. The summed E-state index contributed by atoms with van der Waals surface area (Å²) in [5.74, 6) is -5.50. The van der Waals surface area contributed by atoms with Gasteiger partial charge in [-0.2, -0.15) is 12.6 Å². The fraction of sp³-hybridized carbons (Fsp3) is 0.684. The number of nitrogens with one attached hydrogen (secondary N) is 3. The Kier molecular flexibility index (Phi) is 14.3. The molecule has 15 heteroatoms. The minimum atomic E-state index is -1.52. The Morgan fingerprint density at radius 3 is 1.91 bits per heavy atom. The van der Waals surface area contributed by atoms with E-state index < -0.39 is 60.2 Å². The molecule has 0 bridgehead atoms. The number of carboxylic acids is 2. The number of hydrogen-bond donors (Lipinski definition) is 9. The maximum absolute atomic E-state index is 12.8. The van der Waals surface area contributed by atoms with Crippen LogP contribution in [0.25, 0.3) is 0 Å². The van der Waals surface area contributed by atoms with Crippen LogP contribution in [0.4, 0.5) is 0 Å². The Balaban J connectivity index is 5.54. The van der Waals surface area contributed by atoms with Gasteiger partial charge in [-0.3, -0.25) is 24.2 Å². The summed E-state index contributed by atoms with van der Waals surface area (Å²) in [5.41, 5.74) is 16.3. The van der Waals surface area contributed by atoms with Crippen molar-refractivity contribution in [3.8, 4) is 0 Å². The number of carbonyl (C=O) groups excluding carboxylic acids is 3. The lowest BCUT2D eigenvalue weighted by Gasteiger charge is -2.24. The summed E-state index contributed by atoms with van der Waals surface area (Å²) in [4.78, 5) is 64.0. The van der Waals surface area contributed by atoms with Gasteiger partial charge in [0.25, 0.3) is 0 Å². The number of guanidine groups is 1. The molecule has 0 aliphatic rings. The molecule has 34 heavy (non-hydrogen) atoms. The first-order valence-corrected chi connectivity index (χ1v) is 11.2. The van der Waals surface area contributed by atoms with Gasteiger partial charge in [-0.25, -0.2) is 4.79 Å². The van der Waals surface area contributed by atoms with E-state index in [9.17, 15) is 24.0 Å². The number of rotatable bonds is 16. The van der Waals surface area contributed by atoms with Gasteiger partial charge in [0.2, 0.25) is 17.7 Å². The largest absolute Gasteiger partial charge is 0.481 e. The van der Waals surface area contributed by atoms with Gasteiger partial charge >= 0.3 is 11.9 Å². The van der Waals surface area contributed by atoms with E-state index in [1.807, 2.05) is 13.8 Å². The summed E-state index contributed by atoms with van der Waals surface area (Å²) in [5, 5.41) is 25.2. The summed E-state index contributed by atoms with van der Waals surface area (Å²) in [6.45, 7) is 3.81. The number of carbonyl (C=O) groups is 5. The molecule has 0 saturated heterocycles. The Labute approximate surface area is 202 Å². The monoisotopic (exact) mass is 505 g/mol. The quantitative estimate of drug-likeness (QED) is 0.0456. The number of nitrogens with two attached hydrogens (primary N) is 3. The molecule has 0 radical (unpaired) electrons. The molecule has 0 fully saturated rings. The molecular formula is C19H35N7O7S. The second-order valence-corrected chi connectivity index (χ2v) is 8.35. The molecule has 0 aliphatic carbocycles. The Morgan fingerprint density at radius 1 is 0.912 bits per heavy atom. The summed E-state index contributed by atoms with van der Waals surface area (Å²) < 4.78 is 0. The Hall–Kier alpha value is -3.07. The highest BCUT2D eigenvalue weighted by molar-refractivity contribution is 7.80. The molecule has 0 heterocycles. The van der Waals surface area contributed by atoms with E-state index in [4.69, 9.17) is 27.4 Å². The molecule has 14 nitrogen and oxygen atoms in total. The molecule has 194 valence electrons. The van der Waals surface area contributed by atoms with Gasteiger partial charge in [-0.05, 0) is 25.2 Å². The fourth-order valence-electron chi connectivity index (χ4n) is 2.78. The lowest BCUT2D eigenvalue weighted by atomic mass is 10.0. The molecule has 0 aromatic heterocycles. The number of aliphatic carboxylic acids is 2. The van der Waals surface area contributed by atoms with Crippen molar-refractivity contribution >= 4 is 48.2 Å². The van der Waals surface area contributed by atoms with Gasteiger partial charge < -0.3 is 43.4 Å². The first-order valence-electron chi connectivity index (χ1n) is 10.6. The summed E-state index contributed by atoms with van der Waals surface area (Å²) in [7, 11) is 0. The Morgan fingerprint density at radius 2 is 1.44 bits per heavy atom. The molecule has 3 amide bonds. The molecule has 0 aromatic rings. The second kappa shape index (κ2) is 15.7. The van der Waals surface area contributed by atoms with Gasteiger partial charge in [-0.15, -0.1) is 0 Å². The van der Waals surface area contributed by atoms with Gasteiger partial charge in [0.15, 0.2) is 5.96 Å². The van der Waals surface area contributed by atoms with E-state index in [2.05, 4.69) is 33.6 Å². The minimum absolute atomic E-state index is 0.00609. The van der Waals surface area contributed by atoms with Crippen molar-refractivity contribution in [1.82, 2.24) is 16.0 Å². The lowest BCUT2D eigenvalue weighted by molar-refractivity contribution is -0.142. The van der Waals surface area contributed by atoms with Gasteiger partial charge in [0, 0.05) is 12.3 Å². The van der Waals surface area contributed by atoms with Crippen LogP contribution in [-0.4, -0.2) is 82.3 Å². The number of aliphatic imine (C=N–C) groups is 1. The van der Waals surface area contributed by atoms with Crippen LogP contribution in [0.15, 0.2) is 4.99 Å². The Bertz CT molecular complexity index is 759. The number of carboxylic acid groups (broad SMARTS) is 2. The second-order valence-electron chi connectivity index (χ2n) is 7.99. The average Bonchev–Trinajstić information content (AvgIpc) is 2.71. The topological polar surface area (TPSA) is 252 Å². The maximum atomic E-state index is 12.8. The zero-order chi connectivity index (χ0) is 26.4. The zero-order valence-electron chi connectivity index (χ0n) is 19.2. The molecule has 0 rings (SSSR count). The van der Waals surface area contributed by atoms with Crippen molar-refractivity contribution in [2.24, 2.45) is 28.1 Å². The molecule has 0 aromatic carbocycles. The van der Waals surface area contributed by atoms with Crippen LogP contribution in [0.3, 0.4) is 0 Å². The van der Waals surface area contributed by atoms with Crippen molar-refractivity contribution in [2.75, 3.05) is 12.3 Å². The van der Waals surface area contributed by atoms with Crippen LogP contribution in [0.5, 0.6) is 0 Å². The van der Waals surface area contributed by atoms with Crippen LogP contribution >= 0.6 is 12.6 Å². The van der Waals surface area contributed by atoms with E-state index in [0.29, 0.717) is 6.42 Å². The number of hydrogen-bond acceptors (Lipinski definition) is 8. The fourth-order valence-corrected chi connectivity index (χ4v) is 3.03. The molecule has 0 spiro atoms. The van der Waals surface area contributed by atoms with Crippen LogP contribution in [0.2, 0.25) is 0 Å². The highest BCUT2D eigenvalue weighted by Crippen LogP contribution is 2.06. The van der Waals surface area contributed by atoms with E-state index in [1.54, 1.807) is 0 Å². The van der Waals surface area contributed by atoms with Crippen LogP contribution in [-0.2, 0) is 24.0 Å². The molecule has 4 unspecified atom stereocenters. The predicted molar refractivity (Wildman–Crippen MR) is 127 cm³/mol. The van der Waals surface area contributed by atoms with Gasteiger partial charge in [-0.1, -0.05) is 13.8 Å². The first kappa shape index (κ1) is 30.9. The van der Waals surface area contributed by atoms with Crippen molar-refractivity contribution in [3.63, 3.8) is 0 Å². The number of amides is 3. The highest BCUT2D eigenvalue weighted by atomic mass is 32.1. The van der Waals surface area contributed by atoms with Crippen molar-refractivity contribution in [2.45, 2.75) is 63.7 Å². The van der Waals surface area contributed by atoms with Crippen molar-refractivity contribution in [1.29, 1.82) is 0 Å². The van der Waals surface area contributed by atoms with E-state index >= 15 is 0 Å². The SMILES string of the molecule is CC(C)CC(N)C(=O)NC(CC(=O)O)C(=O)NC(CCCN=C(N)N)C(=O)NC(CS)C(=O)O. The van der Waals surface area contributed by atoms with Gasteiger partial charge in [0.05, 0.1) is 12.5 Å². The summed E-state index contributed by atoms with van der Waals surface area (Å²) in [6, 6.07) is -5.07. The van der Waals surface area contributed by atoms with Crippen molar-refractivity contribution < 1.29 is 34.2 Å². The third kappa shape index (κ3) is 12.8. The highest BCUT2D eigenvalue weighted by Gasteiger charge is 2.31. The number of thiol groups is 1. The van der Waals surface area contributed by atoms with Crippen LogP contribution < -0.4 is 33.2 Å². The molecular weight excluding hydrogens is 470 g/mol. The number of nitrogens with zero attached hydrogens (tertiary/aromatic N) is 1. The zero-order valence-corrected chi connectivity index (χ0v) is 20.1. The van der Waals surface area contributed by atoms with E-state index in [1.165, 1.54) is 0 Å². The summed E-state index contributed by atoms with van der Waals surface area (Å²) in [6.07, 6.45) is -0.232. The first-order chi connectivity index (χ1) is 15.8. The minimum Gasteiger partial charge on any atom is -0.481 e. The van der Waals surface area contributed by atoms with E-state index in [0.717, 1.165) is 0 Å². The van der Waals surface area contributed by atoms with Gasteiger partial charge in [0.1, 0.15) is 18.1 Å². The lowest BCUT2D eigenvalue weighted by Crippen LogP contribution is -2.57. The summed E-state index contributed by atoms with van der Waals surface area (Å²) >= 11 is 3.87. The van der Waals surface area contributed by atoms with E-state index in [-0.39, 0.29) is 37.0 Å². The average molecular weight is 506 g/mol. The maximum Gasteiger partial charge on any atom is 0.327 e.